The van der Waals surface area contributed by atoms with Gasteiger partial charge in [-0.15, -0.1) is 3.89 Å². The molecule has 0 rings (SSSR count). The van der Waals surface area contributed by atoms with Crippen LogP contribution >= 0.6 is 0 Å². The number of halogens is 16. The Kier molecular flexibility index (Phi) is 8.71. The van der Waals surface area contributed by atoms with Gasteiger partial charge in [-0.05, 0) is 0 Å². The van der Waals surface area contributed by atoms with Gasteiger partial charge in [-0.2, -0.15) is 74.3 Å². The maximum atomic E-state index is 13.2. The van der Waals surface area contributed by atoms with Crippen LogP contribution in [0.25, 0.3) is 0 Å². The van der Waals surface area contributed by atoms with Gasteiger partial charge < -0.3 is 5.11 Å². The van der Waals surface area contributed by atoms with Crippen LogP contribution in [0.1, 0.15) is 0 Å². The molecule has 22 heteroatoms. The van der Waals surface area contributed by atoms with Crippen molar-refractivity contribution in [2.75, 3.05) is 0 Å². The molecule has 0 radical (unpaired) electrons. The monoisotopic (exact) mass is 502 g/mol. The van der Waals surface area contributed by atoms with Crippen molar-refractivity contribution in [3.8, 4) is 0 Å². The minimum Gasteiger partial charge on any atom is -0.332 e. The third-order valence-corrected chi connectivity index (χ3v) is 1.95. The highest BCUT2D eigenvalue weighted by Gasteiger charge is 2.82. The summed E-state index contributed by atoms with van der Waals surface area (Å²) in [5.74, 6) is -7.68. The van der Waals surface area contributed by atoms with Crippen LogP contribution in [-0.2, 0) is 20.6 Å². The molecule has 0 aliphatic heterocycles. The Morgan fingerprint density at radius 1 is 0.552 bits per heavy atom. The van der Waals surface area contributed by atoms with Crippen molar-refractivity contribution in [3.63, 3.8) is 0 Å². The standard InChI is InChI=1S/C7HF15O3.FHO2S/c8-1(2(9,10)11,24-6(20,21)3(12,13)14)5(18,19)25-7(22,23)4(15,16)17;1-4(2)3/h23H;4H. The fourth-order valence-electron chi connectivity index (χ4n) is 0.810. The fourth-order valence-corrected chi connectivity index (χ4v) is 0.810. The summed E-state index contributed by atoms with van der Waals surface area (Å²) in [4.78, 5) is 0. The Morgan fingerprint density at radius 3 is 1.07 bits per heavy atom. The zero-order valence-electron chi connectivity index (χ0n) is 12.1. The lowest BCUT2D eigenvalue weighted by molar-refractivity contribution is -0.568. The number of hydrogen-bond donors (Lipinski definition) is 2. The molecule has 1 N–H and O–H groups in total. The first-order chi connectivity index (χ1) is 12.1. The molecule has 2 atom stereocenters. The van der Waals surface area contributed by atoms with Crippen molar-refractivity contribution >= 4 is 11.1 Å². The van der Waals surface area contributed by atoms with Crippen LogP contribution in [-0.4, -0.2) is 56.2 Å². The second kappa shape index (κ2) is 8.45. The van der Waals surface area contributed by atoms with Gasteiger partial charge >= 0.3 is 42.6 Å². The molecule has 0 heterocycles. The van der Waals surface area contributed by atoms with E-state index in [4.69, 9.17) is 13.5 Å². The van der Waals surface area contributed by atoms with Crippen LogP contribution in [0.15, 0.2) is 0 Å². The van der Waals surface area contributed by atoms with Crippen molar-refractivity contribution in [2.45, 2.75) is 42.6 Å². The molecule has 0 aromatic carbocycles. The molecule has 0 fully saturated rings. The van der Waals surface area contributed by atoms with Gasteiger partial charge in [0, 0.05) is 0 Å². The number of thiol groups is 1. The summed E-state index contributed by atoms with van der Waals surface area (Å²) in [5, 5.41) is 7.78. The molecule has 0 saturated carbocycles. The lowest BCUT2D eigenvalue weighted by atomic mass is 10.2. The summed E-state index contributed by atoms with van der Waals surface area (Å²) in [7, 11) is 0. The highest BCUT2D eigenvalue weighted by molar-refractivity contribution is 7.66. The molecule has 0 aliphatic carbocycles. The highest BCUT2D eigenvalue weighted by Crippen LogP contribution is 2.54. The van der Waals surface area contributed by atoms with E-state index in [2.05, 4.69) is 0 Å². The summed E-state index contributed by atoms with van der Waals surface area (Å²) in [6.07, 6.45) is -36.8. The van der Waals surface area contributed by atoms with E-state index in [-0.39, 0.29) is 0 Å². The van der Waals surface area contributed by atoms with Crippen LogP contribution in [0.4, 0.5) is 69.7 Å². The molecule has 0 bridgehead atoms. The van der Waals surface area contributed by atoms with Crippen molar-refractivity contribution in [1.82, 2.24) is 0 Å². The number of aliphatic hydroxyl groups is 1. The molecule has 0 aromatic rings. The van der Waals surface area contributed by atoms with E-state index >= 15 is 0 Å². The zero-order chi connectivity index (χ0) is 24.5. The molecular formula is C7H2F16O5S. The first kappa shape index (κ1) is 29.9. The Balaban J connectivity index is 0. The van der Waals surface area contributed by atoms with E-state index in [0.717, 1.165) is 0 Å². The predicted molar refractivity (Wildman–Crippen MR) is 51.5 cm³/mol. The van der Waals surface area contributed by atoms with Crippen LogP contribution < -0.4 is 0 Å². The normalized spacial score (nSPS) is 18.6. The minimum absolute atomic E-state index is 1.31. The first-order valence-corrected chi connectivity index (χ1v) is 6.48. The van der Waals surface area contributed by atoms with E-state index in [1.54, 1.807) is 0 Å². The van der Waals surface area contributed by atoms with Crippen molar-refractivity contribution in [3.05, 3.63) is 0 Å². The van der Waals surface area contributed by atoms with Crippen LogP contribution in [0.2, 0.25) is 0 Å². The van der Waals surface area contributed by atoms with Gasteiger partial charge in [0.15, 0.2) is 0 Å². The quantitative estimate of drug-likeness (QED) is 0.260. The Morgan fingerprint density at radius 2 is 0.862 bits per heavy atom. The molecule has 29 heavy (non-hydrogen) atoms. The number of rotatable bonds is 5. The van der Waals surface area contributed by atoms with Gasteiger partial charge in [0.1, 0.15) is 0 Å². The van der Waals surface area contributed by atoms with Crippen LogP contribution in [0.3, 0.4) is 0 Å². The Bertz CT molecular complexity index is 609. The van der Waals surface area contributed by atoms with Crippen molar-refractivity contribution < 1.29 is 92.7 Å². The zero-order valence-corrected chi connectivity index (χ0v) is 13.0. The smallest absolute Gasteiger partial charge is 0.332 e. The second-order valence-electron chi connectivity index (χ2n) is 4.10. The second-order valence-corrected chi connectivity index (χ2v) is 4.53. The minimum atomic E-state index is -7.68. The first-order valence-electron chi connectivity index (χ1n) is 5.41. The van der Waals surface area contributed by atoms with E-state index in [9.17, 15) is 69.7 Å². The van der Waals surface area contributed by atoms with E-state index in [1.807, 2.05) is 0 Å². The van der Waals surface area contributed by atoms with Crippen molar-refractivity contribution in [2.24, 2.45) is 0 Å². The molecule has 5 nitrogen and oxygen atoms in total. The maximum absolute atomic E-state index is 13.2. The lowest BCUT2D eigenvalue weighted by Gasteiger charge is -2.38. The van der Waals surface area contributed by atoms with Crippen LogP contribution in [0.5, 0.6) is 0 Å². The number of hydrogen-bond acceptors (Lipinski definition) is 5. The molecule has 0 aliphatic rings. The fraction of sp³-hybridized carbons (Fsp3) is 1.00. The topological polar surface area (TPSA) is 72.8 Å². The largest absolute Gasteiger partial charge is 0.483 e. The highest BCUT2D eigenvalue weighted by atomic mass is 32.2. The summed E-state index contributed by atoms with van der Waals surface area (Å²) in [5.41, 5.74) is 0. The molecule has 0 saturated heterocycles. The summed E-state index contributed by atoms with van der Waals surface area (Å²) in [6, 6.07) is -6.80. The summed E-state index contributed by atoms with van der Waals surface area (Å²) in [6.45, 7) is 0. The van der Waals surface area contributed by atoms with Gasteiger partial charge in [-0.3, -0.25) is 4.74 Å². The van der Waals surface area contributed by atoms with Crippen molar-refractivity contribution in [1.29, 1.82) is 0 Å². The average Bonchev–Trinajstić information content (AvgIpc) is 2.31. The van der Waals surface area contributed by atoms with E-state index in [1.165, 1.54) is 9.47 Å². The predicted octanol–water partition coefficient (Wildman–Crippen LogP) is 3.66. The molecular weight excluding hydrogens is 500 g/mol. The van der Waals surface area contributed by atoms with Gasteiger partial charge in [0.25, 0.3) is 11.1 Å². The van der Waals surface area contributed by atoms with Gasteiger partial charge in [0.05, 0.1) is 0 Å². The Hall–Kier alpha value is -1.29. The SMILES string of the molecule is O=[SH](=O)F.OC(F)(OC(F)(F)C(F)(OC(F)(F)C(F)(F)F)C(F)(F)F)C(F)(F)F. The molecule has 178 valence electrons. The lowest BCUT2D eigenvalue weighted by Crippen LogP contribution is -2.65. The van der Waals surface area contributed by atoms with Gasteiger partial charge in [-0.25, -0.2) is 4.74 Å². The average molecular weight is 502 g/mol. The van der Waals surface area contributed by atoms with Gasteiger partial charge in [-0.1, -0.05) is 0 Å². The molecule has 0 amide bonds. The maximum Gasteiger partial charge on any atom is 0.483 e. The number of ether oxygens (including phenoxy) is 2. The molecule has 0 spiro atoms. The van der Waals surface area contributed by atoms with Gasteiger partial charge in [0.2, 0.25) is 0 Å². The van der Waals surface area contributed by atoms with Crippen LogP contribution in [0, 0.1) is 0 Å². The summed E-state index contributed by atoms with van der Waals surface area (Å²) >= 11 is -3.62. The summed E-state index contributed by atoms with van der Waals surface area (Å²) < 4.78 is 212. The third kappa shape index (κ3) is 7.47. The third-order valence-electron chi connectivity index (χ3n) is 1.95. The number of alkyl halides is 15. The van der Waals surface area contributed by atoms with E-state index in [0.29, 0.717) is 0 Å². The molecule has 2 unspecified atom stereocenters. The molecule has 0 aromatic heterocycles. The van der Waals surface area contributed by atoms with E-state index < -0.39 is 53.7 Å². The Labute approximate surface area is 148 Å².